The summed E-state index contributed by atoms with van der Waals surface area (Å²) >= 11 is 11.6. The fourth-order valence-corrected chi connectivity index (χ4v) is 4.64. The molecule has 0 amide bonds. The monoisotopic (exact) mass is 742 g/mol. The van der Waals surface area contributed by atoms with E-state index in [0.717, 1.165) is 0 Å². The summed E-state index contributed by atoms with van der Waals surface area (Å²) < 4.78 is 50.9. The maximum absolute atomic E-state index is 14.6. The Balaban J connectivity index is 0.000000276. The number of ketones is 1. The molecule has 11 heteroatoms. The van der Waals surface area contributed by atoms with Gasteiger partial charge in [0.15, 0.2) is 17.0 Å². The van der Waals surface area contributed by atoms with Crippen molar-refractivity contribution in [2.45, 2.75) is 84.7 Å². The molecular weight excluding hydrogens is 701 g/mol. The number of halogens is 4. The maximum Gasteiger partial charge on any atom is 0.350 e. The summed E-state index contributed by atoms with van der Waals surface area (Å²) in [4.78, 5) is 36.5. The van der Waals surface area contributed by atoms with Crippen molar-refractivity contribution in [3.8, 4) is 11.5 Å². The number of carbonyl (C=O) groups is 3. The van der Waals surface area contributed by atoms with Crippen molar-refractivity contribution in [2.75, 3.05) is 0 Å². The van der Waals surface area contributed by atoms with Crippen molar-refractivity contribution in [1.29, 1.82) is 0 Å². The van der Waals surface area contributed by atoms with Gasteiger partial charge in [0, 0.05) is 32.3 Å². The molecular formula is C40H42Cl2F2O7. The van der Waals surface area contributed by atoms with E-state index in [4.69, 9.17) is 42.1 Å². The molecule has 272 valence electrons. The Hall–Kier alpha value is -4.47. The molecule has 51 heavy (non-hydrogen) atoms. The first kappa shape index (κ1) is 41.0. The Morgan fingerprint density at radius 1 is 0.529 bits per heavy atom. The topological polar surface area (TPSA) is 88.1 Å². The Morgan fingerprint density at radius 2 is 0.824 bits per heavy atom. The third kappa shape index (κ3) is 11.8. The molecule has 4 aromatic rings. The van der Waals surface area contributed by atoms with Crippen LogP contribution in [0.2, 0.25) is 10.0 Å². The lowest BCUT2D eigenvalue weighted by atomic mass is 10.0. The molecule has 0 aliphatic rings. The number of esters is 2. The SMILES string of the molecule is CC(C)OC(=O)C(C)(C)Oc1ccc(C(=O)c2ccc(Cl)cc2)cc1.CC(C)OC(=O)C(C)(C)Oc1ccc(C(F)(F)c2ccc(Cl)cc2)cc1. The molecule has 0 aliphatic carbocycles. The molecule has 0 aromatic heterocycles. The number of hydrogen-bond acceptors (Lipinski definition) is 7. The molecule has 0 fully saturated rings. The first-order chi connectivity index (χ1) is 23.7. The standard InChI is InChI=1S/C20H21ClF2O3.C20H21ClO4/c1-13(2)25-18(24)19(3,4)26-17-11-7-15(8-12-17)20(22,23)14-5-9-16(21)10-6-14;1-13(2)24-19(23)20(3,4)25-17-11-7-15(8-12-17)18(22)14-5-9-16(21)10-6-14/h5-13H,1-4H3;5-13H,1-4H3. The Bertz CT molecular complexity index is 1770. The Labute approximate surface area is 307 Å². The summed E-state index contributed by atoms with van der Waals surface area (Å²) in [5.41, 5.74) is -1.61. The first-order valence-corrected chi connectivity index (χ1v) is 16.9. The zero-order valence-corrected chi connectivity index (χ0v) is 31.3. The fourth-order valence-electron chi connectivity index (χ4n) is 4.39. The van der Waals surface area contributed by atoms with E-state index >= 15 is 0 Å². The van der Waals surface area contributed by atoms with Gasteiger partial charge in [-0.1, -0.05) is 35.3 Å². The van der Waals surface area contributed by atoms with Crippen molar-refractivity contribution in [1.82, 2.24) is 0 Å². The lowest BCUT2D eigenvalue weighted by Crippen LogP contribution is -2.40. The fraction of sp³-hybridized carbons (Fsp3) is 0.325. The van der Waals surface area contributed by atoms with Crippen LogP contribution >= 0.6 is 23.2 Å². The van der Waals surface area contributed by atoms with Gasteiger partial charge in [0.05, 0.1) is 12.2 Å². The van der Waals surface area contributed by atoms with Gasteiger partial charge in [-0.3, -0.25) is 4.79 Å². The number of hydrogen-bond donors (Lipinski definition) is 0. The van der Waals surface area contributed by atoms with Crippen LogP contribution in [0.25, 0.3) is 0 Å². The highest BCUT2D eigenvalue weighted by molar-refractivity contribution is 6.31. The second-order valence-electron chi connectivity index (χ2n) is 13.1. The minimum atomic E-state index is -3.17. The summed E-state index contributed by atoms with van der Waals surface area (Å²) in [5, 5.41) is 0.972. The van der Waals surface area contributed by atoms with Crippen molar-refractivity contribution >= 4 is 40.9 Å². The van der Waals surface area contributed by atoms with Gasteiger partial charge in [-0.25, -0.2) is 9.59 Å². The summed E-state index contributed by atoms with van der Waals surface area (Å²) in [6.45, 7) is 13.5. The molecule has 0 aliphatic heterocycles. The van der Waals surface area contributed by atoms with Gasteiger partial charge >= 0.3 is 11.9 Å². The number of rotatable bonds is 12. The van der Waals surface area contributed by atoms with Crippen molar-refractivity contribution in [2.24, 2.45) is 0 Å². The lowest BCUT2D eigenvalue weighted by molar-refractivity contribution is -0.163. The Morgan fingerprint density at radius 3 is 1.18 bits per heavy atom. The van der Waals surface area contributed by atoms with Crippen LogP contribution in [0.5, 0.6) is 11.5 Å². The van der Waals surface area contributed by atoms with Gasteiger partial charge in [0.25, 0.3) is 5.92 Å². The molecule has 0 bridgehead atoms. The van der Waals surface area contributed by atoms with Crippen molar-refractivity contribution < 1.29 is 42.1 Å². The van der Waals surface area contributed by atoms with Crippen molar-refractivity contribution in [3.63, 3.8) is 0 Å². The minimum Gasteiger partial charge on any atom is -0.476 e. The molecule has 0 spiro atoms. The average molecular weight is 744 g/mol. The zero-order chi connectivity index (χ0) is 38.1. The van der Waals surface area contributed by atoms with E-state index in [1.165, 1.54) is 48.5 Å². The van der Waals surface area contributed by atoms with Crippen molar-refractivity contribution in [3.05, 3.63) is 129 Å². The van der Waals surface area contributed by atoms with Crippen LogP contribution in [0.15, 0.2) is 97.1 Å². The van der Waals surface area contributed by atoms with E-state index < -0.39 is 29.1 Å². The van der Waals surface area contributed by atoms with Crippen LogP contribution < -0.4 is 9.47 Å². The molecule has 0 saturated heterocycles. The van der Waals surface area contributed by atoms with Crippen LogP contribution in [-0.2, 0) is 25.0 Å². The summed E-state index contributed by atoms with van der Waals surface area (Å²) in [7, 11) is 0. The number of ether oxygens (including phenoxy) is 4. The third-order valence-corrected chi connectivity index (χ3v) is 7.57. The average Bonchev–Trinajstić information content (AvgIpc) is 3.05. The largest absolute Gasteiger partial charge is 0.476 e. The number of alkyl halides is 2. The normalized spacial score (nSPS) is 11.7. The Kier molecular flexibility index (Phi) is 13.8. The van der Waals surface area contributed by atoms with E-state index in [0.29, 0.717) is 32.7 Å². The molecule has 4 aromatic carbocycles. The van der Waals surface area contributed by atoms with Gasteiger partial charge < -0.3 is 18.9 Å². The predicted octanol–water partition coefficient (Wildman–Crippen LogP) is 10.3. The molecule has 0 unspecified atom stereocenters. The predicted molar refractivity (Wildman–Crippen MR) is 194 cm³/mol. The highest BCUT2D eigenvalue weighted by Gasteiger charge is 2.36. The van der Waals surface area contributed by atoms with E-state index in [-0.39, 0.29) is 29.1 Å². The maximum atomic E-state index is 14.6. The van der Waals surface area contributed by atoms with Gasteiger partial charge in [0.2, 0.25) is 0 Å². The van der Waals surface area contributed by atoms with Gasteiger partial charge in [-0.2, -0.15) is 8.78 Å². The van der Waals surface area contributed by atoms with Gasteiger partial charge in [0.1, 0.15) is 11.5 Å². The summed E-state index contributed by atoms with van der Waals surface area (Å²) in [5.74, 6) is -3.46. The van der Waals surface area contributed by atoms with Crippen LogP contribution in [0, 0.1) is 0 Å². The molecule has 0 saturated carbocycles. The molecule has 0 radical (unpaired) electrons. The molecule has 7 nitrogen and oxygen atoms in total. The minimum absolute atomic E-state index is 0.110. The second kappa shape index (κ2) is 17.2. The second-order valence-corrected chi connectivity index (χ2v) is 14.0. The highest BCUT2D eigenvalue weighted by atomic mass is 35.5. The molecule has 0 N–H and O–H groups in total. The zero-order valence-electron chi connectivity index (χ0n) is 29.8. The summed E-state index contributed by atoms with van der Waals surface area (Å²) in [6.07, 6.45) is -0.486. The van der Waals surface area contributed by atoms with Crippen LogP contribution in [-0.4, -0.2) is 41.1 Å². The third-order valence-electron chi connectivity index (χ3n) is 7.06. The van der Waals surface area contributed by atoms with Gasteiger partial charge in [-0.05, 0) is 140 Å². The quantitative estimate of drug-likeness (QED) is 0.105. The van der Waals surface area contributed by atoms with Crippen LogP contribution in [0.4, 0.5) is 8.78 Å². The highest BCUT2D eigenvalue weighted by Crippen LogP contribution is 2.37. The van der Waals surface area contributed by atoms with Crippen LogP contribution in [0.1, 0.15) is 82.4 Å². The molecule has 0 atom stereocenters. The summed E-state index contributed by atoms with van der Waals surface area (Å²) in [6, 6.07) is 24.1. The van der Waals surface area contributed by atoms with Gasteiger partial charge in [-0.15, -0.1) is 0 Å². The molecule has 4 rings (SSSR count). The van der Waals surface area contributed by atoms with E-state index in [1.54, 1.807) is 104 Å². The number of benzene rings is 4. The van der Waals surface area contributed by atoms with E-state index in [2.05, 4.69) is 0 Å². The van der Waals surface area contributed by atoms with E-state index in [9.17, 15) is 23.2 Å². The molecule has 0 heterocycles. The van der Waals surface area contributed by atoms with Crippen LogP contribution in [0.3, 0.4) is 0 Å². The first-order valence-electron chi connectivity index (χ1n) is 16.2. The number of carbonyl (C=O) groups excluding carboxylic acids is 3. The lowest BCUT2D eigenvalue weighted by Gasteiger charge is -2.26. The van der Waals surface area contributed by atoms with E-state index in [1.807, 2.05) is 0 Å². The smallest absolute Gasteiger partial charge is 0.350 e.